The smallest absolute Gasteiger partial charge is 0.338 e. The number of allylic oxidation sites excluding steroid dienone is 1. The average molecular weight is 537 g/mol. The van der Waals surface area contributed by atoms with Crippen molar-refractivity contribution in [1.82, 2.24) is 4.57 Å². The number of fused-ring (bicyclic) bond motifs is 1. The summed E-state index contributed by atoms with van der Waals surface area (Å²) in [5, 5.41) is 0. The lowest BCUT2D eigenvalue weighted by atomic mass is 9.95. The zero-order valence-corrected chi connectivity index (χ0v) is 23.3. The van der Waals surface area contributed by atoms with Gasteiger partial charge >= 0.3 is 5.97 Å². The molecule has 200 valence electrons. The van der Waals surface area contributed by atoms with Crippen LogP contribution in [0.5, 0.6) is 17.2 Å². The molecule has 0 spiro atoms. The van der Waals surface area contributed by atoms with Gasteiger partial charge in [0.25, 0.3) is 5.56 Å². The molecule has 0 aliphatic carbocycles. The molecular formula is C29H32N2O6S. The molecule has 0 unspecified atom stereocenters. The van der Waals surface area contributed by atoms with Crippen molar-refractivity contribution in [1.29, 1.82) is 0 Å². The van der Waals surface area contributed by atoms with Gasteiger partial charge in [0.05, 0.1) is 48.3 Å². The van der Waals surface area contributed by atoms with Gasteiger partial charge in [-0.15, -0.1) is 0 Å². The first-order chi connectivity index (χ1) is 18.3. The Hall–Kier alpha value is -3.85. The molecule has 2 aromatic carbocycles. The third-order valence-corrected chi connectivity index (χ3v) is 6.85. The van der Waals surface area contributed by atoms with Crippen LogP contribution in [0.15, 0.2) is 63.5 Å². The van der Waals surface area contributed by atoms with Crippen LogP contribution in [0.2, 0.25) is 0 Å². The number of carbonyl (C=O) groups is 1. The minimum Gasteiger partial charge on any atom is -0.493 e. The van der Waals surface area contributed by atoms with Gasteiger partial charge in [-0.25, -0.2) is 9.79 Å². The number of hydrogen-bond donors (Lipinski definition) is 0. The van der Waals surface area contributed by atoms with Crippen LogP contribution in [0.1, 0.15) is 51.8 Å². The molecule has 0 radical (unpaired) electrons. The number of ether oxygens (including phenoxy) is 4. The van der Waals surface area contributed by atoms with E-state index in [0.717, 1.165) is 11.3 Å². The summed E-state index contributed by atoms with van der Waals surface area (Å²) in [5.41, 5.74) is 2.12. The lowest BCUT2D eigenvalue weighted by Crippen LogP contribution is -2.40. The Bertz CT molecular complexity index is 1530. The van der Waals surface area contributed by atoms with Crippen LogP contribution in [0.4, 0.5) is 0 Å². The summed E-state index contributed by atoms with van der Waals surface area (Å²) < 4.78 is 24.4. The fourth-order valence-electron chi connectivity index (χ4n) is 4.30. The first kappa shape index (κ1) is 27.2. The largest absolute Gasteiger partial charge is 0.493 e. The van der Waals surface area contributed by atoms with Gasteiger partial charge in [-0.2, -0.15) is 0 Å². The topological polar surface area (TPSA) is 88.4 Å². The first-order valence-electron chi connectivity index (χ1n) is 12.5. The Morgan fingerprint density at radius 2 is 1.84 bits per heavy atom. The minimum atomic E-state index is -0.737. The van der Waals surface area contributed by atoms with Crippen molar-refractivity contribution in [3.05, 3.63) is 84.5 Å². The fourth-order valence-corrected chi connectivity index (χ4v) is 5.35. The third kappa shape index (κ3) is 5.52. The number of thiazole rings is 1. The first-order valence-corrected chi connectivity index (χ1v) is 13.4. The summed E-state index contributed by atoms with van der Waals surface area (Å²) in [6, 6.07) is 12.2. The van der Waals surface area contributed by atoms with Crippen LogP contribution < -0.4 is 29.1 Å². The van der Waals surface area contributed by atoms with Gasteiger partial charge in [-0.05, 0) is 76.1 Å². The maximum Gasteiger partial charge on any atom is 0.338 e. The average Bonchev–Trinajstić information content (AvgIpc) is 3.18. The molecule has 1 atom stereocenters. The van der Waals surface area contributed by atoms with Crippen molar-refractivity contribution in [3.63, 3.8) is 0 Å². The van der Waals surface area contributed by atoms with Crippen molar-refractivity contribution in [2.24, 2.45) is 4.99 Å². The SMILES string of the molecule is CCOC(=O)C1=C(C)N=c2s/c(=C\c3ccc(OC(C)C)cc3)c(=O)n2[C@@H]1c1ccc(OC)c(OCC)c1. The number of aromatic nitrogens is 1. The van der Waals surface area contributed by atoms with Gasteiger partial charge in [-0.1, -0.05) is 29.5 Å². The van der Waals surface area contributed by atoms with Crippen LogP contribution in [0, 0.1) is 0 Å². The number of carbonyl (C=O) groups excluding carboxylic acids is 1. The summed E-state index contributed by atoms with van der Waals surface area (Å²) in [7, 11) is 1.57. The molecule has 3 aromatic rings. The van der Waals surface area contributed by atoms with E-state index in [4.69, 9.17) is 18.9 Å². The van der Waals surface area contributed by atoms with Gasteiger partial charge in [0.2, 0.25) is 0 Å². The monoisotopic (exact) mass is 536 g/mol. The van der Waals surface area contributed by atoms with Crippen LogP contribution in [0.3, 0.4) is 0 Å². The predicted molar refractivity (Wildman–Crippen MR) is 147 cm³/mol. The Labute approximate surface area is 225 Å². The van der Waals surface area contributed by atoms with E-state index in [-0.39, 0.29) is 18.3 Å². The molecule has 1 aliphatic rings. The van der Waals surface area contributed by atoms with Crippen LogP contribution in [0.25, 0.3) is 6.08 Å². The highest BCUT2D eigenvalue weighted by Gasteiger charge is 2.34. The van der Waals surface area contributed by atoms with Gasteiger partial charge < -0.3 is 18.9 Å². The second-order valence-electron chi connectivity index (χ2n) is 8.88. The lowest BCUT2D eigenvalue weighted by Gasteiger charge is -2.25. The number of nitrogens with zero attached hydrogens (tertiary/aromatic N) is 2. The fraction of sp³-hybridized carbons (Fsp3) is 0.345. The molecule has 0 N–H and O–H groups in total. The molecule has 9 heteroatoms. The van der Waals surface area contributed by atoms with Crippen molar-refractivity contribution < 1.29 is 23.7 Å². The molecular weight excluding hydrogens is 504 g/mol. The molecule has 38 heavy (non-hydrogen) atoms. The van der Waals surface area contributed by atoms with E-state index >= 15 is 0 Å². The quantitative estimate of drug-likeness (QED) is 0.384. The van der Waals surface area contributed by atoms with Gasteiger partial charge in [0, 0.05) is 0 Å². The van der Waals surface area contributed by atoms with E-state index in [1.165, 1.54) is 11.3 Å². The zero-order valence-electron chi connectivity index (χ0n) is 22.4. The summed E-state index contributed by atoms with van der Waals surface area (Å²) in [6.07, 6.45) is 1.89. The second-order valence-corrected chi connectivity index (χ2v) is 9.89. The van der Waals surface area contributed by atoms with Crippen molar-refractivity contribution in [3.8, 4) is 17.2 Å². The number of esters is 1. The van der Waals surface area contributed by atoms with Crippen molar-refractivity contribution in [2.45, 2.75) is 46.8 Å². The zero-order chi connectivity index (χ0) is 27.4. The Morgan fingerprint density at radius 1 is 1.11 bits per heavy atom. The normalized spacial score (nSPS) is 15.2. The summed E-state index contributed by atoms with van der Waals surface area (Å²) in [6.45, 7) is 9.96. The highest BCUT2D eigenvalue weighted by atomic mass is 32.1. The molecule has 0 amide bonds. The number of hydrogen-bond acceptors (Lipinski definition) is 8. The Kier molecular flexibility index (Phi) is 8.36. The standard InChI is InChI=1S/C29H32N2O6S/c1-7-35-23-16-20(11-14-22(23)34-6)26-25(28(33)36-8-2)18(5)30-29-31(26)27(32)24(38-29)15-19-9-12-21(13-10-19)37-17(3)4/h9-17,26H,7-8H2,1-6H3/b24-15-/t26-/m1/s1. The van der Waals surface area contributed by atoms with Crippen LogP contribution >= 0.6 is 11.3 Å². The molecule has 1 aliphatic heterocycles. The number of benzene rings is 2. The Balaban J connectivity index is 1.88. The van der Waals surface area contributed by atoms with E-state index in [1.807, 2.05) is 57.2 Å². The maximum absolute atomic E-state index is 13.8. The number of rotatable bonds is 9. The highest BCUT2D eigenvalue weighted by molar-refractivity contribution is 7.07. The predicted octanol–water partition coefficient (Wildman–Crippen LogP) is 3.99. The summed E-state index contributed by atoms with van der Waals surface area (Å²) in [5.74, 6) is 1.34. The highest BCUT2D eigenvalue weighted by Crippen LogP contribution is 2.36. The molecule has 8 nitrogen and oxygen atoms in total. The third-order valence-electron chi connectivity index (χ3n) is 5.87. The van der Waals surface area contributed by atoms with Gasteiger partial charge in [-0.3, -0.25) is 9.36 Å². The van der Waals surface area contributed by atoms with E-state index < -0.39 is 12.0 Å². The van der Waals surface area contributed by atoms with Crippen molar-refractivity contribution in [2.75, 3.05) is 20.3 Å². The van der Waals surface area contributed by atoms with Gasteiger partial charge in [0.1, 0.15) is 5.75 Å². The van der Waals surface area contributed by atoms with Crippen molar-refractivity contribution >= 4 is 23.4 Å². The van der Waals surface area contributed by atoms with E-state index in [1.54, 1.807) is 37.7 Å². The molecule has 1 aromatic heterocycles. The van der Waals surface area contributed by atoms with E-state index in [2.05, 4.69) is 4.99 Å². The maximum atomic E-state index is 13.8. The van der Waals surface area contributed by atoms with Crippen LogP contribution in [-0.4, -0.2) is 37.0 Å². The number of methoxy groups -OCH3 is 1. The molecule has 4 rings (SSSR count). The minimum absolute atomic E-state index is 0.0718. The van der Waals surface area contributed by atoms with E-state index in [9.17, 15) is 9.59 Å². The summed E-state index contributed by atoms with van der Waals surface area (Å²) >= 11 is 1.28. The second kappa shape index (κ2) is 11.7. The lowest BCUT2D eigenvalue weighted by molar-refractivity contribution is -0.139. The molecule has 0 saturated heterocycles. The van der Waals surface area contributed by atoms with Gasteiger partial charge in [0.15, 0.2) is 16.3 Å². The molecule has 2 heterocycles. The van der Waals surface area contributed by atoms with E-state index in [0.29, 0.717) is 44.3 Å². The molecule has 0 bridgehead atoms. The molecule has 0 fully saturated rings. The van der Waals surface area contributed by atoms with Crippen LogP contribution in [-0.2, 0) is 9.53 Å². The summed E-state index contributed by atoms with van der Waals surface area (Å²) in [4.78, 5) is 32.1. The Morgan fingerprint density at radius 3 is 2.47 bits per heavy atom. The molecule has 0 saturated carbocycles.